The molecule has 0 aromatic carbocycles. The highest BCUT2D eigenvalue weighted by atomic mass is 14.6. The lowest BCUT2D eigenvalue weighted by Gasteiger charge is -2.12. The molecule has 0 aliphatic heterocycles. The predicted molar refractivity (Wildman–Crippen MR) is 86.2 cm³/mol. The van der Waals surface area contributed by atoms with Crippen LogP contribution in [0.1, 0.15) is 73.1 Å². The first-order chi connectivity index (χ1) is 8.37. The summed E-state index contributed by atoms with van der Waals surface area (Å²) in [6.07, 6.45) is 3.08. The lowest BCUT2D eigenvalue weighted by Crippen LogP contribution is -2.00. The highest BCUT2D eigenvalue weighted by molar-refractivity contribution is 5.15. The van der Waals surface area contributed by atoms with Crippen molar-refractivity contribution in [3.05, 3.63) is 29.6 Å². The van der Waals surface area contributed by atoms with Crippen LogP contribution in [0.3, 0.4) is 0 Å². The van der Waals surface area contributed by atoms with E-state index in [-0.39, 0.29) is 0 Å². The van der Waals surface area contributed by atoms with Crippen molar-refractivity contribution in [3.63, 3.8) is 0 Å². The number of rotatable bonds is 0. The van der Waals surface area contributed by atoms with Gasteiger partial charge in [-0.2, -0.15) is 0 Å². The van der Waals surface area contributed by atoms with Crippen LogP contribution in [0.25, 0.3) is 0 Å². The summed E-state index contributed by atoms with van der Waals surface area (Å²) in [5.41, 5.74) is 2.92. The van der Waals surface area contributed by atoms with E-state index in [4.69, 9.17) is 0 Å². The van der Waals surface area contributed by atoms with E-state index in [1.807, 2.05) is 46.9 Å². The molecule has 0 N–H and O–H groups in total. The van der Waals surface area contributed by atoms with Crippen molar-refractivity contribution in [1.29, 1.82) is 0 Å². The van der Waals surface area contributed by atoms with Crippen LogP contribution in [0.2, 0.25) is 0 Å². The van der Waals surface area contributed by atoms with Gasteiger partial charge < -0.3 is 0 Å². The van der Waals surface area contributed by atoms with Gasteiger partial charge in [0.25, 0.3) is 0 Å². The van der Waals surface area contributed by atoms with E-state index >= 15 is 0 Å². The van der Waals surface area contributed by atoms with Gasteiger partial charge in [0.05, 0.1) is 0 Å². The van der Waals surface area contributed by atoms with Crippen LogP contribution in [0.4, 0.5) is 0 Å². The van der Waals surface area contributed by atoms with Gasteiger partial charge in [0, 0.05) is 11.9 Å². The van der Waals surface area contributed by atoms with Crippen LogP contribution in [0.15, 0.2) is 18.3 Å². The maximum atomic E-state index is 4.08. The molecule has 0 fully saturated rings. The number of hydrogen-bond donors (Lipinski definition) is 0. The number of nitrogens with zero attached hydrogens (tertiary/aromatic N) is 1. The van der Waals surface area contributed by atoms with Gasteiger partial charge in [-0.3, -0.25) is 4.98 Å². The van der Waals surface area contributed by atoms with Crippen molar-refractivity contribution < 1.29 is 0 Å². The molecule has 108 valence electrons. The molecule has 0 amide bonds. The molecular weight excluding hydrogens is 218 g/mol. The van der Waals surface area contributed by atoms with E-state index in [1.54, 1.807) is 0 Å². The van der Waals surface area contributed by atoms with Crippen molar-refractivity contribution >= 4 is 0 Å². The molecule has 1 heteroatoms. The molecule has 0 aliphatic carbocycles. The van der Waals surface area contributed by atoms with Gasteiger partial charge in [-0.05, 0) is 30.9 Å². The standard InChI is InChI=1S/C7H9N.C6H14.2C2H6/c1-6-4-3-5-8-7(6)2;1-5-6(2,3)4;2*1-2/h3-5H,1-2H3;5H2,1-4H3;2*1-2H3. The Morgan fingerprint density at radius 3 is 1.56 bits per heavy atom. The molecule has 1 aromatic heterocycles. The predicted octanol–water partition coefficient (Wildman–Crippen LogP) is 6.19. The number of pyridine rings is 1. The van der Waals surface area contributed by atoms with Crippen LogP contribution in [-0.2, 0) is 0 Å². The maximum Gasteiger partial charge on any atom is 0.0401 e. The molecule has 0 aliphatic rings. The third kappa shape index (κ3) is 17.5. The van der Waals surface area contributed by atoms with Crippen molar-refractivity contribution in [2.45, 2.75) is 75.7 Å². The molecule has 0 bridgehead atoms. The third-order valence-electron chi connectivity index (χ3n) is 2.33. The molecule has 18 heavy (non-hydrogen) atoms. The molecular formula is C17H35N. The minimum atomic E-state index is 0.542. The van der Waals surface area contributed by atoms with Gasteiger partial charge >= 0.3 is 0 Å². The SMILES string of the molecule is CC.CC.CCC(C)(C)C.Cc1cccnc1C. The van der Waals surface area contributed by atoms with Crippen LogP contribution < -0.4 is 0 Å². The van der Waals surface area contributed by atoms with Gasteiger partial charge in [-0.15, -0.1) is 0 Å². The van der Waals surface area contributed by atoms with Gasteiger partial charge in [0.15, 0.2) is 0 Å². The molecule has 0 saturated carbocycles. The van der Waals surface area contributed by atoms with Crippen molar-refractivity contribution in [2.75, 3.05) is 0 Å². The largest absolute Gasteiger partial charge is 0.261 e. The number of aryl methyl sites for hydroxylation is 2. The Bertz CT molecular complexity index is 238. The van der Waals surface area contributed by atoms with Gasteiger partial charge in [0.2, 0.25) is 0 Å². The normalized spacial score (nSPS) is 8.78. The summed E-state index contributed by atoms with van der Waals surface area (Å²) in [5, 5.41) is 0. The van der Waals surface area contributed by atoms with E-state index < -0.39 is 0 Å². The number of aromatic nitrogens is 1. The summed E-state index contributed by atoms with van der Waals surface area (Å²) >= 11 is 0. The zero-order chi connectivity index (χ0) is 15.2. The van der Waals surface area contributed by atoms with Crippen molar-refractivity contribution in [1.82, 2.24) is 4.98 Å². The molecule has 0 spiro atoms. The van der Waals surface area contributed by atoms with Gasteiger partial charge in [-0.25, -0.2) is 0 Å². The van der Waals surface area contributed by atoms with E-state index in [1.165, 1.54) is 12.0 Å². The Kier molecular flexibility index (Phi) is 17.6. The highest BCUT2D eigenvalue weighted by Gasteiger charge is 2.03. The van der Waals surface area contributed by atoms with Crippen molar-refractivity contribution in [3.8, 4) is 0 Å². The summed E-state index contributed by atoms with van der Waals surface area (Å²) in [6, 6.07) is 4.00. The van der Waals surface area contributed by atoms with Gasteiger partial charge in [-0.1, -0.05) is 67.9 Å². The molecule has 1 heterocycles. The first-order valence-electron chi connectivity index (χ1n) is 7.25. The lowest BCUT2D eigenvalue weighted by molar-refractivity contribution is 0.398. The first kappa shape index (κ1) is 22.3. The summed E-state index contributed by atoms with van der Waals surface area (Å²) in [7, 11) is 0. The second-order valence-electron chi connectivity index (χ2n) is 4.82. The van der Waals surface area contributed by atoms with Crippen LogP contribution in [-0.4, -0.2) is 4.98 Å². The fourth-order valence-corrected chi connectivity index (χ4v) is 0.565. The Labute approximate surface area is 116 Å². The topological polar surface area (TPSA) is 12.9 Å². The summed E-state index contributed by atoms with van der Waals surface area (Å²) in [6.45, 7) is 21.0. The molecule has 0 atom stereocenters. The van der Waals surface area contributed by atoms with E-state index in [0.717, 1.165) is 5.69 Å². The highest BCUT2D eigenvalue weighted by Crippen LogP contribution is 2.16. The average Bonchev–Trinajstić information content (AvgIpc) is 2.38. The monoisotopic (exact) mass is 253 g/mol. The van der Waals surface area contributed by atoms with Gasteiger partial charge in [0.1, 0.15) is 0 Å². The van der Waals surface area contributed by atoms with E-state index in [2.05, 4.69) is 45.7 Å². The Balaban J connectivity index is -0.000000201. The quantitative estimate of drug-likeness (QED) is 0.537. The van der Waals surface area contributed by atoms with Crippen molar-refractivity contribution in [2.24, 2.45) is 5.41 Å². The maximum absolute atomic E-state index is 4.08. The molecule has 1 nitrogen and oxygen atoms in total. The second-order valence-corrected chi connectivity index (χ2v) is 4.82. The first-order valence-corrected chi connectivity index (χ1v) is 7.25. The lowest BCUT2D eigenvalue weighted by atomic mass is 9.94. The number of hydrogen-bond acceptors (Lipinski definition) is 1. The molecule has 0 unspecified atom stereocenters. The van der Waals surface area contributed by atoms with E-state index in [9.17, 15) is 0 Å². The Morgan fingerprint density at radius 2 is 1.39 bits per heavy atom. The molecule has 1 aromatic rings. The third-order valence-corrected chi connectivity index (χ3v) is 2.33. The zero-order valence-corrected chi connectivity index (χ0v) is 14.4. The summed E-state index contributed by atoms with van der Waals surface area (Å²) in [4.78, 5) is 4.08. The van der Waals surface area contributed by atoms with Crippen LogP contribution in [0, 0.1) is 19.3 Å². The minimum absolute atomic E-state index is 0.542. The van der Waals surface area contributed by atoms with E-state index in [0.29, 0.717) is 5.41 Å². The summed E-state index contributed by atoms with van der Waals surface area (Å²) in [5.74, 6) is 0. The molecule has 1 rings (SSSR count). The Morgan fingerprint density at radius 1 is 1.00 bits per heavy atom. The molecule has 0 radical (unpaired) electrons. The van der Waals surface area contributed by atoms with Crippen LogP contribution >= 0.6 is 0 Å². The smallest absolute Gasteiger partial charge is 0.0401 e. The fraction of sp³-hybridized carbons (Fsp3) is 0.706. The second kappa shape index (κ2) is 14.2. The molecule has 0 saturated heterocycles. The zero-order valence-electron chi connectivity index (χ0n) is 14.4. The minimum Gasteiger partial charge on any atom is -0.261 e. The average molecular weight is 253 g/mol. The van der Waals surface area contributed by atoms with Crippen LogP contribution in [0.5, 0.6) is 0 Å². The fourth-order valence-electron chi connectivity index (χ4n) is 0.565. The summed E-state index contributed by atoms with van der Waals surface area (Å²) < 4.78 is 0. The Hall–Kier alpha value is -0.850.